The number of aliphatic imine (C=N–C) groups is 1. The number of ether oxygens (including phenoxy) is 1. The highest BCUT2D eigenvalue weighted by molar-refractivity contribution is 14.0. The summed E-state index contributed by atoms with van der Waals surface area (Å²) in [5, 5.41) is 6.98. The maximum Gasteiger partial charge on any atom is 0.191 e. The Hall–Kier alpha value is -1.02. The van der Waals surface area contributed by atoms with Crippen LogP contribution in [0.15, 0.2) is 29.3 Å². The van der Waals surface area contributed by atoms with Crippen molar-refractivity contribution in [3.8, 4) is 5.75 Å². The van der Waals surface area contributed by atoms with Gasteiger partial charge in [0.2, 0.25) is 0 Å². The van der Waals surface area contributed by atoms with Crippen LogP contribution >= 0.6 is 24.0 Å². The lowest BCUT2D eigenvalue weighted by Gasteiger charge is -2.33. The highest BCUT2D eigenvalue weighted by Gasteiger charge is 2.19. The number of benzene rings is 1. The van der Waals surface area contributed by atoms with E-state index in [1.165, 1.54) is 50.9 Å². The molecule has 2 N–H and O–H groups in total. The third-order valence-corrected chi connectivity index (χ3v) is 4.94. The number of aryl methyl sites for hydroxylation is 1. The lowest BCUT2D eigenvalue weighted by Crippen LogP contribution is -2.49. The number of para-hydroxylation sites is 1. The van der Waals surface area contributed by atoms with Crippen molar-refractivity contribution in [2.45, 2.75) is 52.0 Å². The van der Waals surface area contributed by atoms with Crippen molar-refractivity contribution in [1.82, 2.24) is 15.5 Å². The Kier molecular flexibility index (Phi) is 12.5. The van der Waals surface area contributed by atoms with Crippen LogP contribution in [0.2, 0.25) is 0 Å². The molecule has 2 rings (SSSR count). The zero-order valence-electron chi connectivity index (χ0n) is 17.2. The number of hydrogen-bond acceptors (Lipinski definition) is 3. The maximum atomic E-state index is 5.84. The van der Waals surface area contributed by atoms with E-state index in [1.54, 1.807) is 0 Å². The Morgan fingerprint density at radius 3 is 2.63 bits per heavy atom. The molecule has 1 aliphatic heterocycles. The lowest BCUT2D eigenvalue weighted by atomic mass is 10.0. The second kappa shape index (κ2) is 14.0. The number of nitrogens with one attached hydrogen (secondary N) is 2. The standard InChI is InChI=1S/C21H36N4O.HI/c1-4-5-14-25-15-11-19(12-16-25)24-21(22-3)23-13-8-17-26-20-10-7-6-9-18(20)2;/h6-7,9-10,19H,4-5,8,11-17H2,1-3H3,(H2,22,23,24);1H. The predicted molar refractivity (Wildman–Crippen MR) is 126 cm³/mol. The molecule has 1 saturated heterocycles. The van der Waals surface area contributed by atoms with Gasteiger partial charge >= 0.3 is 0 Å². The second-order valence-electron chi connectivity index (χ2n) is 7.08. The molecule has 0 unspecified atom stereocenters. The SMILES string of the molecule is CCCCN1CCC(NC(=NC)NCCCOc2ccccc2C)CC1.I. The minimum atomic E-state index is 0. The summed E-state index contributed by atoms with van der Waals surface area (Å²) in [5.74, 6) is 1.89. The van der Waals surface area contributed by atoms with Crippen molar-refractivity contribution in [2.75, 3.05) is 39.8 Å². The first kappa shape index (κ1) is 24.0. The van der Waals surface area contributed by atoms with E-state index in [0.29, 0.717) is 12.6 Å². The molecule has 0 atom stereocenters. The third kappa shape index (κ3) is 9.14. The molecule has 0 aliphatic carbocycles. The molecule has 1 heterocycles. The number of likely N-dealkylation sites (tertiary alicyclic amines) is 1. The summed E-state index contributed by atoms with van der Waals surface area (Å²) >= 11 is 0. The number of nitrogens with zero attached hydrogens (tertiary/aromatic N) is 2. The average Bonchev–Trinajstić information content (AvgIpc) is 2.67. The summed E-state index contributed by atoms with van der Waals surface area (Å²) in [6.45, 7) is 9.55. The summed E-state index contributed by atoms with van der Waals surface area (Å²) in [5.41, 5.74) is 1.18. The Morgan fingerprint density at radius 2 is 1.96 bits per heavy atom. The van der Waals surface area contributed by atoms with E-state index < -0.39 is 0 Å². The van der Waals surface area contributed by atoms with E-state index in [4.69, 9.17) is 4.74 Å². The highest BCUT2D eigenvalue weighted by atomic mass is 127. The largest absolute Gasteiger partial charge is 0.493 e. The quantitative estimate of drug-likeness (QED) is 0.240. The van der Waals surface area contributed by atoms with Crippen molar-refractivity contribution in [1.29, 1.82) is 0 Å². The molecule has 27 heavy (non-hydrogen) atoms. The van der Waals surface area contributed by atoms with Gasteiger partial charge in [0, 0.05) is 32.7 Å². The van der Waals surface area contributed by atoms with Crippen molar-refractivity contribution < 1.29 is 4.74 Å². The summed E-state index contributed by atoms with van der Waals surface area (Å²) in [6, 6.07) is 8.68. The first-order valence-corrected chi connectivity index (χ1v) is 10.1. The molecule has 0 aromatic heterocycles. The van der Waals surface area contributed by atoms with Gasteiger partial charge in [0.15, 0.2) is 5.96 Å². The molecule has 0 saturated carbocycles. The fraction of sp³-hybridized carbons (Fsp3) is 0.667. The molecular weight excluding hydrogens is 451 g/mol. The lowest BCUT2D eigenvalue weighted by molar-refractivity contribution is 0.203. The fourth-order valence-corrected chi connectivity index (χ4v) is 3.25. The van der Waals surface area contributed by atoms with E-state index in [-0.39, 0.29) is 24.0 Å². The molecule has 154 valence electrons. The topological polar surface area (TPSA) is 48.9 Å². The Labute approximate surface area is 182 Å². The van der Waals surface area contributed by atoms with E-state index in [9.17, 15) is 0 Å². The minimum Gasteiger partial charge on any atom is -0.493 e. The van der Waals surface area contributed by atoms with Crippen LogP contribution in [0.4, 0.5) is 0 Å². The van der Waals surface area contributed by atoms with Gasteiger partial charge in [0.25, 0.3) is 0 Å². The maximum absolute atomic E-state index is 5.84. The van der Waals surface area contributed by atoms with Crippen LogP contribution in [0.1, 0.15) is 44.6 Å². The van der Waals surface area contributed by atoms with Crippen LogP contribution in [0.25, 0.3) is 0 Å². The zero-order valence-corrected chi connectivity index (χ0v) is 19.5. The number of unbranched alkanes of at least 4 members (excludes halogenated alkanes) is 1. The van der Waals surface area contributed by atoms with Gasteiger partial charge < -0.3 is 20.3 Å². The Balaban J connectivity index is 0.00000364. The third-order valence-electron chi connectivity index (χ3n) is 4.94. The molecule has 5 nitrogen and oxygen atoms in total. The minimum absolute atomic E-state index is 0. The molecular formula is C21H37IN4O. The van der Waals surface area contributed by atoms with E-state index >= 15 is 0 Å². The average molecular weight is 488 g/mol. The summed E-state index contributed by atoms with van der Waals surface area (Å²) in [4.78, 5) is 6.94. The summed E-state index contributed by atoms with van der Waals surface area (Å²) in [6.07, 6.45) is 5.93. The van der Waals surface area contributed by atoms with Crippen molar-refractivity contribution in [2.24, 2.45) is 4.99 Å². The van der Waals surface area contributed by atoms with Crippen LogP contribution in [0, 0.1) is 6.92 Å². The molecule has 1 aliphatic rings. The van der Waals surface area contributed by atoms with Gasteiger partial charge in [-0.1, -0.05) is 31.5 Å². The van der Waals surface area contributed by atoms with Gasteiger partial charge in [-0.3, -0.25) is 4.99 Å². The second-order valence-corrected chi connectivity index (χ2v) is 7.08. The molecule has 1 fully saturated rings. The van der Waals surface area contributed by atoms with Gasteiger partial charge in [-0.05, 0) is 50.8 Å². The molecule has 0 radical (unpaired) electrons. The van der Waals surface area contributed by atoms with Crippen LogP contribution in [0.3, 0.4) is 0 Å². The van der Waals surface area contributed by atoms with Crippen LogP contribution in [-0.2, 0) is 0 Å². The molecule has 1 aromatic rings. The van der Waals surface area contributed by atoms with Crippen molar-refractivity contribution in [3.05, 3.63) is 29.8 Å². The van der Waals surface area contributed by atoms with Gasteiger partial charge in [-0.2, -0.15) is 0 Å². The Bertz CT molecular complexity index is 545. The first-order chi connectivity index (χ1) is 12.7. The smallest absolute Gasteiger partial charge is 0.191 e. The van der Waals surface area contributed by atoms with Gasteiger partial charge in [-0.25, -0.2) is 0 Å². The molecule has 0 amide bonds. The summed E-state index contributed by atoms with van der Waals surface area (Å²) < 4.78 is 5.84. The van der Waals surface area contributed by atoms with Gasteiger partial charge in [-0.15, -0.1) is 24.0 Å². The van der Waals surface area contributed by atoms with Crippen molar-refractivity contribution in [3.63, 3.8) is 0 Å². The fourth-order valence-electron chi connectivity index (χ4n) is 3.25. The van der Waals surface area contributed by atoms with E-state index in [0.717, 1.165) is 24.7 Å². The number of rotatable bonds is 9. The summed E-state index contributed by atoms with van der Waals surface area (Å²) in [7, 11) is 1.84. The monoisotopic (exact) mass is 488 g/mol. The molecule has 0 bridgehead atoms. The normalized spacial score (nSPS) is 15.9. The van der Waals surface area contributed by atoms with E-state index in [1.807, 2.05) is 25.2 Å². The highest BCUT2D eigenvalue weighted by Crippen LogP contribution is 2.16. The van der Waals surface area contributed by atoms with Crippen LogP contribution < -0.4 is 15.4 Å². The van der Waals surface area contributed by atoms with Crippen molar-refractivity contribution >= 4 is 29.9 Å². The zero-order chi connectivity index (χ0) is 18.6. The predicted octanol–water partition coefficient (Wildman–Crippen LogP) is 3.81. The number of piperidine rings is 1. The van der Waals surface area contributed by atoms with Crippen LogP contribution in [0.5, 0.6) is 5.75 Å². The number of guanidine groups is 1. The van der Waals surface area contributed by atoms with E-state index in [2.05, 4.69) is 40.4 Å². The molecule has 0 spiro atoms. The Morgan fingerprint density at radius 1 is 1.22 bits per heavy atom. The molecule has 1 aromatic carbocycles. The van der Waals surface area contributed by atoms with Gasteiger partial charge in [0.05, 0.1) is 6.61 Å². The van der Waals surface area contributed by atoms with Crippen LogP contribution in [-0.4, -0.2) is 56.7 Å². The molecule has 6 heteroatoms. The number of halogens is 1. The van der Waals surface area contributed by atoms with Gasteiger partial charge in [0.1, 0.15) is 5.75 Å². The first-order valence-electron chi connectivity index (χ1n) is 10.1. The number of hydrogen-bond donors (Lipinski definition) is 2.